The number of hydrogen-bond acceptors (Lipinski definition) is 3. The molecular weight excluding hydrogens is 264 g/mol. The molecule has 0 aliphatic carbocycles. The fourth-order valence-corrected chi connectivity index (χ4v) is 3.17. The molecule has 0 aliphatic heterocycles. The first-order valence-corrected chi connectivity index (χ1v) is 7.33. The molecule has 0 saturated heterocycles. The topological polar surface area (TPSA) is 24.9 Å². The van der Waals surface area contributed by atoms with E-state index in [1.807, 2.05) is 25.2 Å². The average Bonchev–Trinajstić information content (AvgIpc) is 2.74. The molecule has 0 bridgehead atoms. The van der Waals surface area contributed by atoms with Crippen molar-refractivity contribution in [3.63, 3.8) is 0 Å². The minimum Gasteiger partial charge on any atom is -0.315 e. The molecule has 0 fully saturated rings. The molecule has 0 saturated carbocycles. The highest BCUT2D eigenvalue weighted by molar-refractivity contribution is 7.15. The second-order valence-electron chi connectivity index (χ2n) is 4.18. The zero-order valence-corrected chi connectivity index (χ0v) is 12.2. The maximum absolute atomic E-state index is 6.03. The van der Waals surface area contributed by atoms with Gasteiger partial charge in [-0.2, -0.15) is 0 Å². The third-order valence-corrected chi connectivity index (χ3v) is 4.06. The zero-order chi connectivity index (χ0) is 13.0. The van der Waals surface area contributed by atoms with E-state index >= 15 is 0 Å². The van der Waals surface area contributed by atoms with E-state index in [-0.39, 0.29) is 0 Å². The molecule has 96 valence electrons. The van der Waals surface area contributed by atoms with Crippen LogP contribution < -0.4 is 5.32 Å². The first-order valence-electron chi connectivity index (χ1n) is 6.13. The Hall–Kier alpha value is -0.900. The maximum Gasteiger partial charge on any atom is 0.123 e. The Balaban J connectivity index is 2.36. The summed E-state index contributed by atoms with van der Waals surface area (Å²) >= 11 is 7.78. The molecule has 2 rings (SSSR count). The predicted octanol–water partition coefficient (Wildman–Crippen LogP) is 4.14. The highest BCUT2D eigenvalue weighted by Gasteiger charge is 2.11. The summed E-state index contributed by atoms with van der Waals surface area (Å²) in [7, 11) is 1.97. The van der Waals surface area contributed by atoms with Crippen molar-refractivity contribution in [2.45, 2.75) is 26.3 Å². The number of thiazole rings is 1. The first kappa shape index (κ1) is 13.5. The van der Waals surface area contributed by atoms with Gasteiger partial charge in [0.15, 0.2) is 0 Å². The molecule has 2 nitrogen and oxygen atoms in total. The molecule has 0 unspecified atom stereocenters. The molecule has 1 heterocycles. The van der Waals surface area contributed by atoms with Crippen molar-refractivity contribution in [2.24, 2.45) is 0 Å². The number of nitrogens with zero attached hydrogens (tertiary/aromatic N) is 1. The van der Waals surface area contributed by atoms with Crippen molar-refractivity contribution in [1.82, 2.24) is 10.3 Å². The van der Waals surface area contributed by atoms with Gasteiger partial charge in [-0.3, -0.25) is 0 Å². The molecule has 1 aromatic heterocycles. The van der Waals surface area contributed by atoms with Gasteiger partial charge in [0.05, 0.1) is 5.69 Å². The number of aromatic nitrogens is 1. The van der Waals surface area contributed by atoms with Crippen LogP contribution in [0.2, 0.25) is 5.02 Å². The average molecular weight is 281 g/mol. The standard InChI is InChI=1S/C14H17ClN2S/c1-3-5-12-13(9-16-2)18-14(17-12)10-6-4-7-11(15)8-10/h4,6-8,16H,3,5,9H2,1-2H3. The van der Waals surface area contributed by atoms with E-state index in [9.17, 15) is 0 Å². The quantitative estimate of drug-likeness (QED) is 0.890. The van der Waals surface area contributed by atoms with Crippen LogP contribution in [-0.4, -0.2) is 12.0 Å². The number of hydrogen-bond donors (Lipinski definition) is 1. The van der Waals surface area contributed by atoms with Gasteiger partial charge in [0.2, 0.25) is 0 Å². The summed E-state index contributed by atoms with van der Waals surface area (Å²) in [5.74, 6) is 0. The first-order chi connectivity index (χ1) is 8.74. The zero-order valence-electron chi connectivity index (χ0n) is 10.7. The van der Waals surface area contributed by atoms with Gasteiger partial charge in [-0.25, -0.2) is 4.98 Å². The summed E-state index contributed by atoms with van der Waals surface area (Å²) in [6.07, 6.45) is 2.16. The van der Waals surface area contributed by atoms with E-state index in [1.165, 1.54) is 10.6 Å². The van der Waals surface area contributed by atoms with Crippen LogP contribution in [0.4, 0.5) is 0 Å². The summed E-state index contributed by atoms with van der Waals surface area (Å²) in [6.45, 7) is 3.06. The van der Waals surface area contributed by atoms with Crippen LogP contribution in [0, 0.1) is 0 Å². The van der Waals surface area contributed by atoms with Crippen LogP contribution >= 0.6 is 22.9 Å². The van der Waals surface area contributed by atoms with Crippen molar-refractivity contribution in [3.8, 4) is 10.6 Å². The predicted molar refractivity (Wildman–Crippen MR) is 79.3 cm³/mol. The van der Waals surface area contributed by atoms with Crippen LogP contribution in [0.5, 0.6) is 0 Å². The lowest BCUT2D eigenvalue weighted by atomic mass is 10.2. The fraction of sp³-hybridized carbons (Fsp3) is 0.357. The Morgan fingerprint density at radius 1 is 1.39 bits per heavy atom. The molecule has 1 aromatic carbocycles. The van der Waals surface area contributed by atoms with Crippen LogP contribution in [0.1, 0.15) is 23.9 Å². The molecule has 0 atom stereocenters. The van der Waals surface area contributed by atoms with Gasteiger partial charge in [0.1, 0.15) is 5.01 Å². The third kappa shape index (κ3) is 3.10. The lowest BCUT2D eigenvalue weighted by Gasteiger charge is -1.98. The minimum atomic E-state index is 0.759. The van der Waals surface area contributed by atoms with Crippen molar-refractivity contribution >= 4 is 22.9 Å². The molecule has 0 aliphatic rings. The van der Waals surface area contributed by atoms with Gasteiger partial charge in [-0.1, -0.05) is 37.1 Å². The third-order valence-electron chi connectivity index (χ3n) is 2.67. The summed E-state index contributed by atoms with van der Waals surface area (Å²) in [5.41, 5.74) is 2.32. The van der Waals surface area contributed by atoms with E-state index < -0.39 is 0 Å². The Morgan fingerprint density at radius 2 is 2.22 bits per heavy atom. The summed E-state index contributed by atoms with van der Waals surface area (Å²) in [5, 5.41) is 5.02. The molecule has 0 spiro atoms. The van der Waals surface area contributed by atoms with Crippen LogP contribution in [0.25, 0.3) is 10.6 Å². The molecule has 1 N–H and O–H groups in total. The van der Waals surface area contributed by atoms with Crippen LogP contribution in [0.15, 0.2) is 24.3 Å². The fourth-order valence-electron chi connectivity index (χ4n) is 1.86. The lowest BCUT2D eigenvalue weighted by molar-refractivity contribution is 0.798. The lowest BCUT2D eigenvalue weighted by Crippen LogP contribution is -2.05. The maximum atomic E-state index is 6.03. The number of rotatable bonds is 5. The highest BCUT2D eigenvalue weighted by Crippen LogP contribution is 2.30. The largest absolute Gasteiger partial charge is 0.315 e. The number of halogens is 1. The highest BCUT2D eigenvalue weighted by atomic mass is 35.5. The van der Waals surface area contributed by atoms with Crippen LogP contribution in [-0.2, 0) is 13.0 Å². The van der Waals surface area contributed by atoms with E-state index in [2.05, 4.69) is 18.3 Å². The van der Waals surface area contributed by atoms with E-state index in [0.717, 1.165) is 35.0 Å². The summed E-state index contributed by atoms with van der Waals surface area (Å²) < 4.78 is 0. The van der Waals surface area contributed by atoms with E-state index in [1.54, 1.807) is 11.3 Å². The number of nitrogens with one attached hydrogen (secondary N) is 1. The second-order valence-corrected chi connectivity index (χ2v) is 5.70. The van der Waals surface area contributed by atoms with E-state index in [4.69, 9.17) is 16.6 Å². The van der Waals surface area contributed by atoms with Gasteiger partial charge in [0.25, 0.3) is 0 Å². The molecule has 2 aromatic rings. The van der Waals surface area contributed by atoms with Gasteiger partial charge in [-0.05, 0) is 25.6 Å². The Labute approximate surface area is 117 Å². The monoisotopic (exact) mass is 280 g/mol. The Kier molecular flexibility index (Phi) is 4.75. The van der Waals surface area contributed by atoms with Gasteiger partial charge >= 0.3 is 0 Å². The van der Waals surface area contributed by atoms with Crippen molar-refractivity contribution in [1.29, 1.82) is 0 Å². The molecule has 18 heavy (non-hydrogen) atoms. The number of benzene rings is 1. The van der Waals surface area contributed by atoms with Gasteiger partial charge in [-0.15, -0.1) is 11.3 Å². The van der Waals surface area contributed by atoms with Crippen molar-refractivity contribution < 1.29 is 0 Å². The SMILES string of the molecule is CCCc1nc(-c2cccc(Cl)c2)sc1CNC. The van der Waals surface area contributed by atoms with Crippen molar-refractivity contribution in [3.05, 3.63) is 39.9 Å². The molecule has 0 radical (unpaired) electrons. The number of aryl methyl sites for hydroxylation is 1. The normalized spacial score (nSPS) is 10.8. The smallest absolute Gasteiger partial charge is 0.123 e. The molecule has 0 amide bonds. The van der Waals surface area contributed by atoms with Crippen molar-refractivity contribution in [2.75, 3.05) is 7.05 Å². The van der Waals surface area contributed by atoms with Gasteiger partial charge in [0, 0.05) is 22.0 Å². The van der Waals surface area contributed by atoms with Crippen LogP contribution in [0.3, 0.4) is 0 Å². The second kappa shape index (κ2) is 6.32. The minimum absolute atomic E-state index is 0.759. The van der Waals surface area contributed by atoms with Gasteiger partial charge < -0.3 is 5.32 Å². The summed E-state index contributed by atoms with van der Waals surface area (Å²) in [4.78, 5) is 6.08. The van der Waals surface area contributed by atoms with E-state index in [0.29, 0.717) is 0 Å². The Bertz CT molecular complexity index is 499. The molecule has 4 heteroatoms. The molecular formula is C14H17ClN2S. The summed E-state index contributed by atoms with van der Waals surface area (Å²) in [6, 6.07) is 7.89. The Morgan fingerprint density at radius 3 is 2.89 bits per heavy atom.